The second-order valence-electron chi connectivity index (χ2n) is 6.39. The molecule has 0 saturated heterocycles. The van der Waals surface area contributed by atoms with Gasteiger partial charge in [0, 0.05) is 17.5 Å². The van der Waals surface area contributed by atoms with E-state index in [9.17, 15) is 10.1 Å². The highest BCUT2D eigenvalue weighted by Gasteiger charge is 2.41. The van der Waals surface area contributed by atoms with E-state index in [-0.39, 0.29) is 28.6 Å². The molecular weight excluding hydrogens is 418 g/mol. The normalized spacial score (nSPS) is 23.3. The Morgan fingerprint density at radius 1 is 1.08 bits per heavy atom. The van der Waals surface area contributed by atoms with E-state index < -0.39 is 4.92 Å². The molecule has 0 unspecified atom stereocenters. The molecule has 4 nitrogen and oxygen atoms in total. The molecule has 0 aromatic heterocycles. The second kappa shape index (κ2) is 6.61. The topological polar surface area (TPSA) is 55.2 Å². The molecule has 0 radical (unpaired) electrons. The summed E-state index contributed by atoms with van der Waals surface area (Å²) < 4.78 is 0. The number of nitro benzene ring substituents is 1. The van der Waals surface area contributed by atoms with Crippen LogP contribution in [0.1, 0.15) is 29.5 Å². The number of rotatable bonds is 2. The number of nitro groups is 1. The highest BCUT2D eigenvalue weighted by atomic mass is 35.5. The molecule has 2 aromatic carbocycles. The van der Waals surface area contributed by atoms with Crippen molar-refractivity contribution in [2.24, 2.45) is 5.92 Å². The number of nitrogens with zero attached hydrogens (tertiary/aromatic N) is 1. The first-order valence-corrected chi connectivity index (χ1v) is 9.44. The highest BCUT2D eigenvalue weighted by molar-refractivity contribution is 6.44. The van der Waals surface area contributed by atoms with Gasteiger partial charge in [0.05, 0.1) is 31.7 Å². The van der Waals surface area contributed by atoms with Crippen LogP contribution in [-0.4, -0.2) is 4.92 Å². The van der Waals surface area contributed by atoms with Gasteiger partial charge in [-0.25, -0.2) is 0 Å². The van der Waals surface area contributed by atoms with Crippen LogP contribution in [0, 0.1) is 16.0 Å². The monoisotopic (exact) mass is 428 g/mol. The number of halogens is 4. The summed E-state index contributed by atoms with van der Waals surface area (Å²) in [6.45, 7) is 0. The lowest BCUT2D eigenvalue weighted by Crippen LogP contribution is -2.29. The van der Waals surface area contributed by atoms with Crippen molar-refractivity contribution in [2.45, 2.75) is 18.4 Å². The lowest BCUT2D eigenvalue weighted by molar-refractivity contribution is -0.384. The van der Waals surface area contributed by atoms with Crippen LogP contribution in [0.15, 0.2) is 36.4 Å². The zero-order valence-electron chi connectivity index (χ0n) is 13.2. The van der Waals surface area contributed by atoms with Crippen LogP contribution in [-0.2, 0) is 0 Å². The summed E-state index contributed by atoms with van der Waals surface area (Å²) >= 11 is 25.0. The van der Waals surface area contributed by atoms with E-state index in [1.807, 2.05) is 0 Å². The van der Waals surface area contributed by atoms with Crippen molar-refractivity contribution in [1.82, 2.24) is 0 Å². The summed E-state index contributed by atoms with van der Waals surface area (Å²) in [5.41, 5.74) is 2.27. The van der Waals surface area contributed by atoms with Crippen molar-refractivity contribution in [3.05, 3.63) is 77.7 Å². The van der Waals surface area contributed by atoms with Gasteiger partial charge in [-0.1, -0.05) is 64.6 Å². The van der Waals surface area contributed by atoms with Crippen molar-refractivity contribution in [1.29, 1.82) is 0 Å². The maximum absolute atomic E-state index is 11.3. The van der Waals surface area contributed by atoms with Crippen LogP contribution in [0.4, 0.5) is 11.4 Å². The summed E-state index contributed by atoms with van der Waals surface area (Å²) in [5, 5.41) is 16.2. The smallest absolute Gasteiger partial charge is 0.288 e. The van der Waals surface area contributed by atoms with E-state index in [1.165, 1.54) is 6.07 Å². The molecule has 0 spiro atoms. The SMILES string of the molecule is O=[N+]([O-])c1cc([C@@H]2Nc3c(Cl)cc(Cl)c(Cl)c3[C@@H]3C=CC[C@@H]32)ccc1Cl. The second-order valence-corrected chi connectivity index (χ2v) is 7.99. The van der Waals surface area contributed by atoms with Gasteiger partial charge >= 0.3 is 0 Å². The van der Waals surface area contributed by atoms with Crippen LogP contribution >= 0.6 is 46.4 Å². The van der Waals surface area contributed by atoms with Gasteiger partial charge in [0.2, 0.25) is 0 Å². The van der Waals surface area contributed by atoms with Crippen LogP contribution in [0.3, 0.4) is 0 Å². The zero-order chi connectivity index (χ0) is 18.6. The molecule has 1 aliphatic heterocycles. The van der Waals surface area contributed by atoms with Crippen molar-refractivity contribution >= 4 is 57.8 Å². The molecular formula is C18H12Cl4N2O2. The van der Waals surface area contributed by atoms with Gasteiger partial charge in [0.25, 0.3) is 5.69 Å². The van der Waals surface area contributed by atoms with Gasteiger partial charge in [-0.05, 0) is 30.0 Å². The third-order valence-electron chi connectivity index (χ3n) is 5.01. The molecule has 0 saturated carbocycles. The maximum atomic E-state index is 11.3. The molecule has 1 aliphatic carbocycles. The maximum Gasteiger partial charge on any atom is 0.288 e. The fraction of sp³-hybridized carbons (Fsp3) is 0.222. The molecule has 2 aliphatic rings. The molecule has 4 rings (SSSR count). The van der Waals surface area contributed by atoms with Gasteiger partial charge in [-0.15, -0.1) is 0 Å². The number of hydrogen-bond acceptors (Lipinski definition) is 3. The predicted molar refractivity (Wildman–Crippen MR) is 106 cm³/mol. The van der Waals surface area contributed by atoms with E-state index >= 15 is 0 Å². The van der Waals surface area contributed by atoms with Gasteiger partial charge in [-0.3, -0.25) is 10.1 Å². The minimum atomic E-state index is -0.476. The summed E-state index contributed by atoms with van der Waals surface area (Å²) in [5.74, 6) is 0.185. The number of anilines is 1. The van der Waals surface area contributed by atoms with Crippen molar-refractivity contribution in [2.75, 3.05) is 5.32 Å². The Morgan fingerprint density at radius 2 is 1.85 bits per heavy atom. The van der Waals surface area contributed by atoms with Crippen molar-refractivity contribution in [3.63, 3.8) is 0 Å². The van der Waals surface area contributed by atoms with E-state index in [1.54, 1.807) is 18.2 Å². The Balaban J connectivity index is 1.85. The number of hydrogen-bond donors (Lipinski definition) is 1. The lowest BCUT2D eigenvalue weighted by atomic mass is 9.77. The Hall–Kier alpha value is -1.46. The van der Waals surface area contributed by atoms with Crippen LogP contribution in [0.2, 0.25) is 20.1 Å². The van der Waals surface area contributed by atoms with Crippen molar-refractivity contribution < 1.29 is 4.92 Å². The summed E-state index contributed by atoms with van der Waals surface area (Å²) in [7, 11) is 0. The van der Waals surface area contributed by atoms with Gasteiger partial charge in [0.1, 0.15) is 5.02 Å². The first kappa shape index (κ1) is 17.9. The molecule has 0 bridgehead atoms. The number of fused-ring (bicyclic) bond motifs is 3. The summed E-state index contributed by atoms with van der Waals surface area (Å²) in [6.07, 6.45) is 5.01. The largest absolute Gasteiger partial charge is 0.376 e. The molecule has 0 fully saturated rings. The van der Waals surface area contributed by atoms with Gasteiger partial charge in [0.15, 0.2) is 0 Å². The van der Waals surface area contributed by atoms with E-state index in [0.717, 1.165) is 23.2 Å². The molecule has 1 N–H and O–H groups in total. The highest BCUT2D eigenvalue weighted by Crippen LogP contribution is 2.55. The fourth-order valence-corrected chi connectivity index (χ4v) is 4.85. The Kier molecular flexibility index (Phi) is 4.56. The number of allylic oxidation sites excluding steroid dienone is 2. The zero-order valence-corrected chi connectivity index (χ0v) is 16.2. The first-order valence-electron chi connectivity index (χ1n) is 7.93. The molecule has 134 valence electrons. The summed E-state index contributed by atoms with van der Waals surface area (Å²) in [4.78, 5) is 10.8. The third-order valence-corrected chi connectivity index (χ3v) is 6.43. The van der Waals surface area contributed by atoms with E-state index in [4.69, 9.17) is 46.4 Å². The average Bonchev–Trinajstić information content (AvgIpc) is 3.08. The molecule has 3 atom stereocenters. The molecule has 2 aromatic rings. The lowest BCUT2D eigenvalue weighted by Gasteiger charge is -2.38. The molecule has 8 heteroatoms. The van der Waals surface area contributed by atoms with Crippen LogP contribution in [0.25, 0.3) is 0 Å². The van der Waals surface area contributed by atoms with Crippen LogP contribution < -0.4 is 5.32 Å². The Morgan fingerprint density at radius 3 is 2.58 bits per heavy atom. The van der Waals surface area contributed by atoms with Gasteiger partial charge in [-0.2, -0.15) is 0 Å². The third kappa shape index (κ3) is 2.76. The number of benzene rings is 2. The minimum Gasteiger partial charge on any atom is -0.376 e. The first-order chi connectivity index (χ1) is 12.4. The van der Waals surface area contributed by atoms with E-state index in [0.29, 0.717) is 15.1 Å². The van der Waals surface area contributed by atoms with E-state index in [2.05, 4.69) is 17.5 Å². The predicted octanol–water partition coefficient (Wildman–Crippen LogP) is 7.03. The Bertz CT molecular complexity index is 961. The molecule has 26 heavy (non-hydrogen) atoms. The van der Waals surface area contributed by atoms with Crippen molar-refractivity contribution in [3.8, 4) is 0 Å². The minimum absolute atomic E-state index is 0.0367. The standard InChI is InChI=1S/C18H12Cl4N2O2/c19-11-5-4-8(6-14(11)24(25)26)17-10-3-1-2-9(10)15-16(22)12(20)7-13(21)18(15)23-17/h1-2,4-7,9-10,17,23H,3H2/t9-,10+,17+/m1/s1. The average molecular weight is 430 g/mol. The summed E-state index contributed by atoms with van der Waals surface area (Å²) in [6, 6.07) is 6.33. The van der Waals surface area contributed by atoms with Gasteiger partial charge < -0.3 is 5.32 Å². The molecule has 0 amide bonds. The van der Waals surface area contributed by atoms with Crippen LogP contribution in [0.5, 0.6) is 0 Å². The quantitative estimate of drug-likeness (QED) is 0.241. The molecule has 1 heterocycles. The number of nitrogens with one attached hydrogen (secondary N) is 1. The Labute approximate surface area is 169 Å². The fourth-order valence-electron chi connectivity index (χ4n) is 3.86.